The molecular weight excluding hydrogens is 228 g/mol. The van der Waals surface area contributed by atoms with Crippen molar-refractivity contribution in [1.29, 1.82) is 0 Å². The fraction of sp³-hybridized carbons (Fsp3) is 0.364. The third-order valence-electron chi connectivity index (χ3n) is 2.02. The van der Waals surface area contributed by atoms with Gasteiger partial charge in [-0.05, 0) is 24.6 Å². The Morgan fingerprint density at radius 2 is 2.31 bits per heavy atom. The van der Waals surface area contributed by atoms with Gasteiger partial charge in [-0.15, -0.1) is 0 Å². The fourth-order valence-corrected chi connectivity index (χ4v) is 1.46. The Hall–Kier alpha value is -1.26. The van der Waals surface area contributed by atoms with Crippen molar-refractivity contribution in [3.05, 3.63) is 23.2 Å². The highest BCUT2D eigenvalue weighted by Gasteiger charge is 2.05. The van der Waals surface area contributed by atoms with Crippen molar-refractivity contribution in [3.8, 4) is 0 Å². The van der Waals surface area contributed by atoms with Crippen LogP contribution >= 0.6 is 11.6 Å². The summed E-state index contributed by atoms with van der Waals surface area (Å²) in [5.74, 6) is -0.0799. The molecule has 0 atom stereocenters. The molecule has 1 aromatic rings. The predicted octanol–water partition coefficient (Wildman–Crippen LogP) is 2.29. The smallest absolute Gasteiger partial charge is 0.224 e. The number of halogens is 1. The molecule has 1 aromatic carbocycles. The van der Waals surface area contributed by atoms with Gasteiger partial charge in [-0.25, -0.2) is 0 Å². The number of carbonyl (C=O) groups is 1. The summed E-state index contributed by atoms with van der Waals surface area (Å²) in [6, 6.07) is 4.98. The molecule has 0 bridgehead atoms. The lowest BCUT2D eigenvalue weighted by molar-refractivity contribution is -0.116. The Labute approximate surface area is 99.7 Å². The lowest BCUT2D eigenvalue weighted by Crippen LogP contribution is -2.12. The second-order valence-corrected chi connectivity index (χ2v) is 3.79. The average Bonchev–Trinajstić information content (AvgIpc) is 2.23. The van der Waals surface area contributed by atoms with Crippen LogP contribution in [-0.2, 0) is 9.53 Å². The number of ether oxygens (including phenoxy) is 1. The number of benzene rings is 1. The standard InChI is InChI=1S/C11H15ClN2O2/c1-16-6-2-3-11(15)14-10-5-4-8(13)7-9(10)12/h4-5,7H,2-3,6,13H2,1H3,(H,14,15). The van der Waals surface area contributed by atoms with Crippen molar-refractivity contribution < 1.29 is 9.53 Å². The normalized spacial score (nSPS) is 10.1. The minimum Gasteiger partial charge on any atom is -0.399 e. The summed E-state index contributed by atoms with van der Waals surface area (Å²) in [6.07, 6.45) is 1.10. The van der Waals surface area contributed by atoms with E-state index in [1.54, 1.807) is 25.3 Å². The second kappa shape index (κ2) is 6.35. The Morgan fingerprint density at radius 3 is 2.94 bits per heavy atom. The van der Waals surface area contributed by atoms with Crippen LogP contribution in [0.3, 0.4) is 0 Å². The third kappa shape index (κ3) is 4.08. The summed E-state index contributed by atoms with van der Waals surface area (Å²) in [5, 5.41) is 3.16. The number of methoxy groups -OCH3 is 1. The average molecular weight is 243 g/mol. The van der Waals surface area contributed by atoms with Crippen LogP contribution in [0.15, 0.2) is 18.2 Å². The Morgan fingerprint density at radius 1 is 1.56 bits per heavy atom. The van der Waals surface area contributed by atoms with E-state index >= 15 is 0 Å². The number of anilines is 2. The molecule has 0 spiro atoms. The SMILES string of the molecule is COCCCC(=O)Nc1ccc(N)cc1Cl. The van der Waals surface area contributed by atoms with Gasteiger partial charge >= 0.3 is 0 Å². The summed E-state index contributed by atoms with van der Waals surface area (Å²) in [4.78, 5) is 11.5. The van der Waals surface area contributed by atoms with Gasteiger partial charge in [-0.3, -0.25) is 4.79 Å². The highest BCUT2D eigenvalue weighted by Crippen LogP contribution is 2.24. The lowest BCUT2D eigenvalue weighted by atomic mass is 10.2. The first-order valence-corrected chi connectivity index (χ1v) is 5.35. The van der Waals surface area contributed by atoms with Crippen molar-refractivity contribution >= 4 is 28.9 Å². The Balaban J connectivity index is 2.49. The van der Waals surface area contributed by atoms with Gasteiger partial charge in [0, 0.05) is 25.8 Å². The van der Waals surface area contributed by atoms with Crippen molar-refractivity contribution in [2.75, 3.05) is 24.8 Å². The number of rotatable bonds is 5. The summed E-state index contributed by atoms with van der Waals surface area (Å²) >= 11 is 5.92. The van der Waals surface area contributed by atoms with Crippen LogP contribution < -0.4 is 11.1 Å². The zero-order valence-electron chi connectivity index (χ0n) is 9.13. The van der Waals surface area contributed by atoms with Crippen LogP contribution in [0.25, 0.3) is 0 Å². The van der Waals surface area contributed by atoms with Crippen LogP contribution in [0.5, 0.6) is 0 Å². The van der Waals surface area contributed by atoms with Crippen molar-refractivity contribution in [2.24, 2.45) is 0 Å². The van der Waals surface area contributed by atoms with Gasteiger partial charge in [-0.1, -0.05) is 11.6 Å². The highest BCUT2D eigenvalue weighted by molar-refractivity contribution is 6.34. The maximum Gasteiger partial charge on any atom is 0.224 e. The molecule has 0 aliphatic heterocycles. The van der Waals surface area contributed by atoms with Crippen LogP contribution in [0, 0.1) is 0 Å². The summed E-state index contributed by atoms with van der Waals surface area (Å²) in [5.41, 5.74) is 6.70. The number of hydrogen-bond acceptors (Lipinski definition) is 3. The van der Waals surface area contributed by atoms with Crippen molar-refractivity contribution in [1.82, 2.24) is 0 Å². The molecule has 0 fully saturated rings. The molecule has 16 heavy (non-hydrogen) atoms. The first kappa shape index (κ1) is 12.8. The molecule has 1 amide bonds. The molecule has 0 aliphatic rings. The first-order chi connectivity index (χ1) is 7.63. The maximum absolute atomic E-state index is 11.5. The first-order valence-electron chi connectivity index (χ1n) is 4.97. The molecule has 0 heterocycles. The number of hydrogen-bond donors (Lipinski definition) is 2. The molecule has 4 nitrogen and oxygen atoms in total. The van der Waals surface area contributed by atoms with E-state index in [0.717, 1.165) is 0 Å². The molecule has 0 radical (unpaired) electrons. The zero-order chi connectivity index (χ0) is 12.0. The van der Waals surface area contributed by atoms with Gasteiger partial charge in [0.05, 0.1) is 10.7 Å². The molecule has 0 saturated carbocycles. The van der Waals surface area contributed by atoms with Crippen molar-refractivity contribution in [3.63, 3.8) is 0 Å². The van der Waals surface area contributed by atoms with Crippen LogP contribution in [0.1, 0.15) is 12.8 Å². The monoisotopic (exact) mass is 242 g/mol. The van der Waals surface area contributed by atoms with E-state index in [-0.39, 0.29) is 5.91 Å². The molecule has 5 heteroatoms. The summed E-state index contributed by atoms with van der Waals surface area (Å²) in [7, 11) is 1.61. The van der Waals surface area contributed by atoms with E-state index in [0.29, 0.717) is 35.8 Å². The van der Waals surface area contributed by atoms with Gasteiger partial charge in [0.25, 0.3) is 0 Å². The van der Waals surface area contributed by atoms with Gasteiger partial charge in [0.1, 0.15) is 0 Å². The highest BCUT2D eigenvalue weighted by atomic mass is 35.5. The van der Waals surface area contributed by atoms with Gasteiger partial charge < -0.3 is 15.8 Å². The van der Waals surface area contributed by atoms with Crippen LogP contribution in [-0.4, -0.2) is 19.6 Å². The topological polar surface area (TPSA) is 64.3 Å². The Kier molecular flexibility index (Phi) is 5.08. The largest absolute Gasteiger partial charge is 0.399 e. The number of nitrogen functional groups attached to an aromatic ring is 1. The molecule has 0 saturated heterocycles. The zero-order valence-corrected chi connectivity index (χ0v) is 9.88. The van der Waals surface area contributed by atoms with E-state index in [1.807, 2.05) is 0 Å². The minimum atomic E-state index is -0.0799. The van der Waals surface area contributed by atoms with E-state index in [4.69, 9.17) is 22.1 Å². The molecule has 0 aliphatic carbocycles. The predicted molar refractivity (Wildman–Crippen MR) is 65.6 cm³/mol. The van der Waals surface area contributed by atoms with Crippen LogP contribution in [0.4, 0.5) is 11.4 Å². The fourth-order valence-electron chi connectivity index (χ4n) is 1.22. The lowest BCUT2D eigenvalue weighted by Gasteiger charge is -2.07. The van der Waals surface area contributed by atoms with Crippen LogP contribution in [0.2, 0.25) is 5.02 Å². The maximum atomic E-state index is 11.5. The number of nitrogens with one attached hydrogen (secondary N) is 1. The molecule has 1 rings (SSSR count). The molecular formula is C11H15ClN2O2. The van der Waals surface area contributed by atoms with Gasteiger partial charge in [-0.2, -0.15) is 0 Å². The summed E-state index contributed by atoms with van der Waals surface area (Å²) < 4.78 is 4.86. The van der Waals surface area contributed by atoms with Gasteiger partial charge in [0.15, 0.2) is 0 Å². The molecule has 3 N–H and O–H groups in total. The number of nitrogens with two attached hydrogens (primary N) is 1. The van der Waals surface area contributed by atoms with Gasteiger partial charge in [0.2, 0.25) is 5.91 Å². The second-order valence-electron chi connectivity index (χ2n) is 3.38. The number of amides is 1. The summed E-state index contributed by atoms with van der Waals surface area (Å²) in [6.45, 7) is 0.572. The minimum absolute atomic E-state index is 0.0799. The third-order valence-corrected chi connectivity index (χ3v) is 2.33. The Bertz CT molecular complexity index is 369. The molecule has 0 unspecified atom stereocenters. The number of carbonyl (C=O) groups excluding carboxylic acids is 1. The quantitative estimate of drug-likeness (QED) is 0.615. The molecule has 0 aromatic heterocycles. The molecule has 88 valence electrons. The van der Waals surface area contributed by atoms with E-state index in [2.05, 4.69) is 5.32 Å². The van der Waals surface area contributed by atoms with E-state index in [9.17, 15) is 4.79 Å². The van der Waals surface area contributed by atoms with E-state index < -0.39 is 0 Å². The van der Waals surface area contributed by atoms with Crippen molar-refractivity contribution in [2.45, 2.75) is 12.8 Å². The van der Waals surface area contributed by atoms with E-state index in [1.165, 1.54) is 0 Å².